The number of nitrogens with zero attached hydrogens (tertiary/aromatic N) is 2. The van der Waals surface area contributed by atoms with Crippen LogP contribution in [0.25, 0.3) is 0 Å². The number of aliphatic hydroxyl groups is 2. The first-order valence-electron chi connectivity index (χ1n) is 10.4. The van der Waals surface area contributed by atoms with E-state index in [1.165, 1.54) is 5.57 Å². The molecular formula is C23H30N4O3S. The second-order valence-corrected chi connectivity index (χ2v) is 10.8. The molecule has 0 fully saturated rings. The Hall–Kier alpha value is -2.39. The zero-order valence-electron chi connectivity index (χ0n) is 17.8. The van der Waals surface area contributed by atoms with Gasteiger partial charge >= 0.3 is 0 Å². The van der Waals surface area contributed by atoms with Gasteiger partial charge in [-0.1, -0.05) is 36.4 Å². The maximum atomic E-state index is 13.2. The van der Waals surface area contributed by atoms with E-state index < -0.39 is 15.6 Å². The minimum atomic E-state index is -2.37. The van der Waals surface area contributed by atoms with Gasteiger partial charge < -0.3 is 20.4 Å². The van der Waals surface area contributed by atoms with Crippen molar-refractivity contribution in [3.05, 3.63) is 64.9 Å². The van der Waals surface area contributed by atoms with Gasteiger partial charge in [-0.2, -0.15) is 0 Å². The topological polar surface area (TPSA) is 97.2 Å². The molecule has 0 saturated carbocycles. The number of hydrogen-bond acceptors (Lipinski definition) is 7. The molecule has 4 N–H and O–H groups in total. The van der Waals surface area contributed by atoms with Gasteiger partial charge in [-0.25, -0.2) is 4.99 Å². The summed E-state index contributed by atoms with van der Waals surface area (Å²) in [6.07, 6.45) is 1.62. The predicted octanol–water partition coefficient (Wildman–Crippen LogP) is 0.966. The van der Waals surface area contributed by atoms with Crippen molar-refractivity contribution in [1.29, 1.82) is 0 Å². The first-order chi connectivity index (χ1) is 14.8. The molecule has 0 aromatic heterocycles. The van der Waals surface area contributed by atoms with E-state index in [9.17, 15) is 14.4 Å². The number of nitrogens with one attached hydrogen (secondary N) is 2. The van der Waals surface area contributed by atoms with E-state index in [0.717, 1.165) is 33.7 Å². The van der Waals surface area contributed by atoms with Crippen LogP contribution in [-0.2, 0) is 16.1 Å². The van der Waals surface area contributed by atoms with Crippen LogP contribution in [0.1, 0.15) is 18.9 Å². The number of hydrogen-bond donors (Lipinski definition) is 4. The van der Waals surface area contributed by atoms with E-state index in [4.69, 9.17) is 4.99 Å². The van der Waals surface area contributed by atoms with Gasteiger partial charge in [0.2, 0.25) is 5.96 Å². The van der Waals surface area contributed by atoms with Crippen LogP contribution >= 0.6 is 0 Å². The van der Waals surface area contributed by atoms with Crippen molar-refractivity contribution in [3.8, 4) is 0 Å². The maximum absolute atomic E-state index is 13.2. The van der Waals surface area contributed by atoms with Gasteiger partial charge in [-0.3, -0.25) is 9.53 Å². The van der Waals surface area contributed by atoms with Gasteiger partial charge in [-0.15, -0.1) is 0 Å². The van der Waals surface area contributed by atoms with Crippen molar-refractivity contribution < 1.29 is 14.4 Å². The quantitative estimate of drug-likeness (QED) is 0.519. The van der Waals surface area contributed by atoms with E-state index in [0.29, 0.717) is 24.8 Å². The van der Waals surface area contributed by atoms with E-state index in [1.807, 2.05) is 24.3 Å². The van der Waals surface area contributed by atoms with Crippen LogP contribution in [0, 0.1) is 0 Å². The Morgan fingerprint density at radius 3 is 2.97 bits per heavy atom. The molecule has 0 bridgehead atoms. The summed E-state index contributed by atoms with van der Waals surface area (Å²) in [5, 5.41) is 25.7. The average molecular weight is 443 g/mol. The SMILES string of the molecule is C=C1CC(C)=CC2=C1NC(N1CCS(=C)(=O)c3ccccc3C1)=NC2NCC(O)CO. The van der Waals surface area contributed by atoms with E-state index in [2.05, 4.69) is 41.0 Å². The molecule has 3 atom stereocenters. The highest BCUT2D eigenvalue weighted by atomic mass is 32.2. The number of aliphatic imine (C=N–C) groups is 1. The largest absolute Gasteiger partial charge is 0.394 e. The van der Waals surface area contributed by atoms with E-state index in [-0.39, 0.29) is 19.3 Å². The molecular weight excluding hydrogens is 412 g/mol. The smallest absolute Gasteiger partial charge is 0.200 e. The maximum Gasteiger partial charge on any atom is 0.200 e. The van der Waals surface area contributed by atoms with Crippen molar-refractivity contribution in [2.75, 3.05) is 25.4 Å². The van der Waals surface area contributed by atoms with Gasteiger partial charge in [0, 0.05) is 35.9 Å². The first kappa shape index (κ1) is 21.8. The minimum Gasteiger partial charge on any atom is -0.394 e. The third-order valence-corrected chi connectivity index (χ3v) is 7.84. The summed E-state index contributed by atoms with van der Waals surface area (Å²) in [6, 6.07) is 7.75. The Labute approximate surface area is 183 Å². The zero-order valence-corrected chi connectivity index (χ0v) is 18.6. The van der Waals surface area contributed by atoms with Crippen LogP contribution < -0.4 is 10.6 Å². The molecule has 2 heterocycles. The summed E-state index contributed by atoms with van der Waals surface area (Å²) in [4.78, 5) is 7.81. The molecule has 0 saturated heterocycles. The Morgan fingerprint density at radius 1 is 1.42 bits per heavy atom. The minimum absolute atomic E-state index is 0.212. The Bertz CT molecular complexity index is 1090. The Kier molecular flexibility index (Phi) is 6.07. The van der Waals surface area contributed by atoms with E-state index >= 15 is 0 Å². The number of allylic oxidation sites excluding steroid dienone is 2. The lowest BCUT2D eigenvalue weighted by molar-refractivity contribution is 0.0929. The molecule has 0 radical (unpaired) electrons. The van der Waals surface area contributed by atoms with Crippen LogP contribution in [-0.4, -0.2) is 68.9 Å². The molecule has 0 spiro atoms. The molecule has 3 aliphatic rings. The third kappa shape index (κ3) is 4.48. The molecule has 0 amide bonds. The van der Waals surface area contributed by atoms with Crippen LogP contribution in [0.3, 0.4) is 0 Å². The molecule has 1 aliphatic carbocycles. The second kappa shape index (κ2) is 8.63. The Morgan fingerprint density at radius 2 is 2.19 bits per heavy atom. The summed E-state index contributed by atoms with van der Waals surface area (Å²) in [6.45, 7) is 7.33. The van der Waals surface area contributed by atoms with E-state index in [1.54, 1.807) is 0 Å². The van der Waals surface area contributed by atoms with Crippen LogP contribution in [0.5, 0.6) is 0 Å². The fourth-order valence-corrected chi connectivity index (χ4v) is 5.86. The summed E-state index contributed by atoms with van der Waals surface area (Å²) >= 11 is 0. The molecule has 2 aliphatic heterocycles. The van der Waals surface area contributed by atoms with Crippen molar-refractivity contribution in [1.82, 2.24) is 15.5 Å². The molecule has 8 heteroatoms. The number of guanidine groups is 1. The van der Waals surface area contributed by atoms with Crippen molar-refractivity contribution in [2.45, 2.75) is 37.1 Å². The van der Waals surface area contributed by atoms with Gasteiger partial charge in [-0.05, 0) is 45.9 Å². The summed E-state index contributed by atoms with van der Waals surface area (Å²) in [5.74, 6) is 5.13. The molecule has 7 nitrogen and oxygen atoms in total. The molecule has 3 unspecified atom stereocenters. The second-order valence-electron chi connectivity index (χ2n) is 8.37. The lowest BCUT2D eigenvalue weighted by atomic mass is 9.91. The monoisotopic (exact) mass is 442 g/mol. The van der Waals surface area contributed by atoms with Crippen LogP contribution in [0.2, 0.25) is 0 Å². The molecule has 1 aromatic rings. The summed E-state index contributed by atoms with van der Waals surface area (Å²) < 4.78 is 13.2. The summed E-state index contributed by atoms with van der Waals surface area (Å²) in [7, 11) is -2.37. The number of fused-ring (bicyclic) bond motifs is 1. The third-order valence-electron chi connectivity index (χ3n) is 5.80. The average Bonchev–Trinajstić information content (AvgIpc) is 2.88. The zero-order chi connectivity index (χ0) is 22.2. The number of benzene rings is 1. The standard InChI is InChI=1S/C23H30N4O3S/c1-15-10-16(2)21-19(11-15)22(24-12-18(29)14-28)26-23(25-21)27-8-9-31(3,30)20-7-5-4-6-17(20)13-27/h4-7,11,18,22,24,28-29H,2-3,8-10,12-14H2,1H3,(H,25,26). The highest BCUT2D eigenvalue weighted by molar-refractivity contribution is 8.00. The lowest BCUT2D eigenvalue weighted by Crippen LogP contribution is -2.49. The fraction of sp³-hybridized carbons (Fsp3) is 0.391. The van der Waals surface area contributed by atoms with Crippen LogP contribution in [0.4, 0.5) is 0 Å². The molecule has 166 valence electrons. The van der Waals surface area contributed by atoms with Gasteiger partial charge in [0.25, 0.3) is 0 Å². The number of rotatable bonds is 4. The Balaban J connectivity index is 1.67. The molecule has 4 rings (SSSR count). The lowest BCUT2D eigenvalue weighted by Gasteiger charge is -2.35. The molecule has 31 heavy (non-hydrogen) atoms. The first-order valence-corrected chi connectivity index (χ1v) is 12.3. The highest BCUT2D eigenvalue weighted by Crippen LogP contribution is 2.31. The van der Waals surface area contributed by atoms with Gasteiger partial charge in [0.15, 0.2) is 0 Å². The number of aliphatic hydroxyl groups excluding tert-OH is 2. The highest BCUT2D eigenvalue weighted by Gasteiger charge is 2.31. The normalized spacial score (nSPS) is 26.9. The van der Waals surface area contributed by atoms with Crippen molar-refractivity contribution in [2.24, 2.45) is 4.99 Å². The predicted molar refractivity (Wildman–Crippen MR) is 125 cm³/mol. The molecule has 1 aromatic carbocycles. The fourth-order valence-electron chi connectivity index (χ4n) is 4.19. The van der Waals surface area contributed by atoms with Gasteiger partial charge in [0.05, 0.1) is 18.4 Å². The summed E-state index contributed by atoms with van der Waals surface area (Å²) in [5.41, 5.74) is 5.06. The van der Waals surface area contributed by atoms with Crippen molar-refractivity contribution >= 4 is 21.4 Å². The van der Waals surface area contributed by atoms with Gasteiger partial charge in [0.1, 0.15) is 6.17 Å². The van der Waals surface area contributed by atoms with Crippen LogP contribution in [0.15, 0.2) is 69.2 Å². The van der Waals surface area contributed by atoms with Crippen molar-refractivity contribution in [3.63, 3.8) is 0 Å².